The predicted octanol–water partition coefficient (Wildman–Crippen LogP) is 15.0. The number of ether oxygens (including phenoxy) is 2. The van der Waals surface area contributed by atoms with Gasteiger partial charge in [-0.3, -0.25) is 9.44 Å². The molecule has 0 aliphatic rings. The van der Waals surface area contributed by atoms with Gasteiger partial charge in [0.05, 0.1) is 53.5 Å². The van der Waals surface area contributed by atoms with Crippen molar-refractivity contribution in [1.82, 2.24) is 14.2 Å². The number of esters is 1. The number of benzene rings is 10. The van der Waals surface area contributed by atoms with Crippen LogP contribution in [-0.2, 0) is 94.4 Å². The fourth-order valence-electron chi connectivity index (χ4n) is 9.79. The average molecular weight is 1870 g/mol. The molecule has 7 N–H and O–H groups in total. The van der Waals surface area contributed by atoms with E-state index in [1.807, 2.05) is 51.1 Å². The number of sulfone groups is 3. The summed E-state index contributed by atoms with van der Waals surface area (Å²) < 4.78 is 227. The van der Waals surface area contributed by atoms with Crippen molar-refractivity contribution in [1.29, 1.82) is 0 Å². The zero-order chi connectivity index (χ0) is 92.7. The van der Waals surface area contributed by atoms with E-state index < -0.39 is 95.6 Å². The highest BCUT2D eigenvalue weighted by atomic mass is 32.2. The zero-order valence-corrected chi connectivity index (χ0v) is 78.9. The third kappa shape index (κ3) is 45.1. The Balaban J connectivity index is 0.000000478. The van der Waals surface area contributed by atoms with Crippen molar-refractivity contribution in [2.24, 2.45) is 5.14 Å². The Kier molecular flexibility index (Phi) is 48.3. The molecule has 0 atom stereocenters. The maximum Gasteiger partial charge on any atom is 0.338 e. The summed E-state index contributed by atoms with van der Waals surface area (Å²) in [5, 5.41) is 4.98. The standard InChI is InChI=1S/C14H21NO4S.C13H13NO3S.C13H13NO2S.C12H10O2S.C11H17NO2S.2C10H15NO2S.2C2H6O2S/c1-2-3-4-5-6-11-19-14(16)12-7-9-13(10-8-12)20(15,17)18;1-17-12-9-5-6-10-13(12)18(15,16)14-11-7-3-2-4-8-11;1-11-7-5-6-10-13(11)17(15,16)14-12-8-3-2-4-9-12;13-15(14,11-7-3-1-4-8-11)12-9-5-2-6-10-12;1-3-4-9-12-15(13,14)11-7-5-10(2)6-8-11;1-8(2)11-14(12,13)10-7-5-4-6-9(10)3;1-3-8-11-14(12,13)10-7-5-4-6-9(10)2;2*1-5(2,3)4/h7-10H,2-6,11H2,1H3,(H2,15,17,18);2-10,14H,1H3;2-10,14H,1H3;1-10H;5-8,12H,3-4,9H2,1-2H3;4-8,11H,1-3H3;4-7,11H,3,8H2,1-2H3;2*1-2H3. The minimum Gasteiger partial charge on any atom is -0.495 e. The second-order valence-corrected chi connectivity index (χ2v) is 44.2. The van der Waals surface area contributed by atoms with Crippen LogP contribution in [0.3, 0.4) is 0 Å². The van der Waals surface area contributed by atoms with Gasteiger partial charge in [-0.1, -0.05) is 210 Å². The third-order valence-electron chi connectivity index (χ3n) is 15.7. The normalized spacial score (nSPS) is 11.4. The van der Waals surface area contributed by atoms with Crippen LogP contribution in [0.25, 0.3) is 0 Å². The largest absolute Gasteiger partial charge is 0.495 e. The first kappa shape index (κ1) is 110. The first-order valence-electron chi connectivity index (χ1n) is 38.4. The number of methoxy groups -OCH3 is 1. The lowest BCUT2D eigenvalue weighted by molar-refractivity contribution is 0.0497. The lowest BCUT2D eigenvalue weighted by atomic mass is 10.2. The quantitative estimate of drug-likeness (QED) is 0.0187. The summed E-state index contributed by atoms with van der Waals surface area (Å²) in [7, 11) is -28.0. The molecule has 0 amide bonds. The number of nitrogens with one attached hydrogen (secondary N) is 5. The molecule has 0 radical (unpaired) electrons. The van der Waals surface area contributed by atoms with E-state index >= 15 is 0 Å². The van der Waals surface area contributed by atoms with Crippen molar-refractivity contribution in [3.63, 3.8) is 0 Å². The van der Waals surface area contributed by atoms with Crippen LogP contribution in [0.2, 0.25) is 0 Å². The lowest BCUT2D eigenvalue weighted by Gasteiger charge is -2.11. The van der Waals surface area contributed by atoms with Crippen LogP contribution in [0, 0.1) is 27.7 Å². The fourth-order valence-corrected chi connectivity index (χ4v) is 18.1. The summed E-state index contributed by atoms with van der Waals surface area (Å²) in [4.78, 5) is 13.8. The van der Waals surface area contributed by atoms with E-state index in [4.69, 9.17) is 14.6 Å². The van der Waals surface area contributed by atoms with Crippen molar-refractivity contribution in [3.05, 3.63) is 295 Å². The molecule has 0 bridgehead atoms. The number of unbranched alkanes of at least 4 members (excludes halogenated alkanes) is 5. The summed E-state index contributed by atoms with van der Waals surface area (Å²) in [5.74, 6) is -0.123. The molecule has 0 saturated heterocycles. The van der Waals surface area contributed by atoms with Crippen LogP contribution in [0.4, 0.5) is 11.4 Å². The molecule has 27 nitrogen and oxygen atoms in total. The van der Waals surface area contributed by atoms with Gasteiger partial charge in [0, 0.05) is 55.5 Å². The number of aryl methyl sites for hydroxylation is 4. The van der Waals surface area contributed by atoms with Crippen LogP contribution in [-0.4, -0.2) is 140 Å². The Bertz CT molecular complexity index is 5840. The molecular formula is C87H116N6O21S9. The molecule has 0 fully saturated rings. The number of carbonyl (C=O) groups is 1. The Morgan fingerprint density at radius 3 is 1.07 bits per heavy atom. The number of hydrogen-bond donors (Lipinski definition) is 6. The molecule has 0 aromatic heterocycles. The molecule has 0 spiro atoms. The Hall–Kier alpha value is -9.54. The second kappa shape index (κ2) is 54.3. The third-order valence-corrected chi connectivity index (χ3v) is 26.2. The molecule has 674 valence electrons. The molecule has 0 unspecified atom stereocenters. The highest BCUT2D eigenvalue weighted by Crippen LogP contribution is 2.26. The summed E-state index contributed by atoms with van der Waals surface area (Å²) >= 11 is 0. The van der Waals surface area contributed by atoms with Crippen LogP contribution >= 0.6 is 0 Å². The fraction of sp³-hybridized carbons (Fsp3) is 0.299. The molecule has 10 rings (SSSR count). The first-order chi connectivity index (χ1) is 57.5. The van der Waals surface area contributed by atoms with E-state index in [0.29, 0.717) is 71.8 Å². The molecule has 123 heavy (non-hydrogen) atoms. The number of para-hydroxylation sites is 3. The summed E-state index contributed by atoms with van der Waals surface area (Å²) in [6.07, 6.45) is 12.7. The van der Waals surface area contributed by atoms with Crippen LogP contribution in [0.1, 0.15) is 119 Å². The van der Waals surface area contributed by atoms with Gasteiger partial charge in [-0.2, -0.15) is 0 Å². The van der Waals surface area contributed by atoms with Crippen molar-refractivity contribution < 1.29 is 90.0 Å². The number of hydrogen-bond acceptors (Lipinski definition) is 21. The van der Waals surface area contributed by atoms with Crippen molar-refractivity contribution >= 4 is 107 Å². The van der Waals surface area contributed by atoms with E-state index in [-0.39, 0.29) is 15.8 Å². The monoisotopic (exact) mass is 1870 g/mol. The SMILES string of the molecule is CCCCCCCOC(=O)c1ccc(S(N)(=O)=O)cc1.CCCCNS(=O)(=O)c1ccc(C)cc1.CCCNS(=O)(=O)c1ccccc1C.COc1ccccc1S(=O)(=O)Nc1ccccc1.CS(C)(=O)=O.CS(C)(=O)=O.Cc1ccccc1S(=O)(=O)NC(C)C.Cc1ccccc1S(=O)(=O)Nc1ccccc1.O=S(=O)(c1ccccc1)c1ccccc1. The highest BCUT2D eigenvalue weighted by Gasteiger charge is 2.22. The Labute approximate surface area is 731 Å². The summed E-state index contributed by atoms with van der Waals surface area (Å²) in [6.45, 7) is 18.4. The topological polar surface area (TPSA) is 429 Å². The summed E-state index contributed by atoms with van der Waals surface area (Å²) in [6, 6.07) is 73.9. The van der Waals surface area contributed by atoms with Gasteiger partial charge in [0.25, 0.3) is 20.0 Å². The van der Waals surface area contributed by atoms with Crippen molar-refractivity contribution in [3.8, 4) is 5.75 Å². The van der Waals surface area contributed by atoms with E-state index in [1.54, 1.807) is 241 Å². The number of rotatable bonds is 29. The van der Waals surface area contributed by atoms with E-state index in [0.717, 1.165) is 85.8 Å². The van der Waals surface area contributed by atoms with Gasteiger partial charge in [0.1, 0.15) is 30.3 Å². The molecular weight excluding hydrogens is 1750 g/mol. The van der Waals surface area contributed by atoms with Gasteiger partial charge < -0.3 is 9.47 Å². The van der Waals surface area contributed by atoms with Crippen LogP contribution in [0.5, 0.6) is 5.75 Å². The lowest BCUT2D eigenvalue weighted by Crippen LogP contribution is -2.30. The van der Waals surface area contributed by atoms with Gasteiger partial charge in [-0.25, -0.2) is 99.9 Å². The molecule has 10 aromatic carbocycles. The van der Waals surface area contributed by atoms with E-state index in [2.05, 4.69) is 30.5 Å². The Morgan fingerprint density at radius 2 is 0.691 bits per heavy atom. The number of anilines is 2. The maximum atomic E-state index is 12.2. The molecule has 10 aromatic rings. The van der Waals surface area contributed by atoms with Gasteiger partial charge in [0.2, 0.25) is 49.9 Å². The van der Waals surface area contributed by atoms with Crippen LogP contribution in [0.15, 0.2) is 306 Å². The molecule has 36 heteroatoms. The van der Waals surface area contributed by atoms with Crippen LogP contribution < -0.4 is 33.5 Å². The van der Waals surface area contributed by atoms with Gasteiger partial charge in [-0.05, 0) is 193 Å². The minimum absolute atomic E-state index is 0.0198. The van der Waals surface area contributed by atoms with Gasteiger partial charge >= 0.3 is 5.97 Å². The Morgan fingerprint density at radius 1 is 0.350 bits per heavy atom. The zero-order valence-electron chi connectivity index (χ0n) is 71.6. The van der Waals surface area contributed by atoms with E-state index in [1.165, 1.54) is 50.3 Å². The first-order valence-corrected chi connectivity index (χ1v) is 53.5. The number of primary sulfonamides is 1. The van der Waals surface area contributed by atoms with Crippen molar-refractivity contribution in [2.45, 2.75) is 159 Å². The molecule has 0 saturated carbocycles. The van der Waals surface area contributed by atoms with E-state index in [9.17, 15) is 80.6 Å². The second-order valence-electron chi connectivity index (χ2n) is 27.7. The molecule has 0 aliphatic carbocycles. The van der Waals surface area contributed by atoms with Gasteiger partial charge in [-0.15, -0.1) is 0 Å². The number of nitrogens with two attached hydrogens (primary N) is 1. The smallest absolute Gasteiger partial charge is 0.338 e. The molecule has 0 heterocycles. The predicted molar refractivity (Wildman–Crippen MR) is 490 cm³/mol. The number of carbonyl (C=O) groups excluding carboxylic acids is 1. The minimum atomic E-state index is -3.73. The average Bonchev–Trinajstić information content (AvgIpc) is 0.865. The van der Waals surface area contributed by atoms with Crippen molar-refractivity contribution in [2.75, 3.05) is 61.3 Å². The van der Waals surface area contributed by atoms with Gasteiger partial charge in [0.15, 0.2) is 0 Å². The highest BCUT2D eigenvalue weighted by molar-refractivity contribution is 7.93. The number of sulfonamides is 6. The maximum absolute atomic E-state index is 12.2. The molecule has 0 aliphatic heterocycles. The summed E-state index contributed by atoms with van der Waals surface area (Å²) in [5.41, 5.74) is 4.74.